The van der Waals surface area contributed by atoms with Gasteiger partial charge in [-0.05, 0) is 0 Å². The van der Waals surface area contributed by atoms with Gasteiger partial charge >= 0.3 is 196 Å². The summed E-state index contributed by atoms with van der Waals surface area (Å²) in [6.07, 6.45) is 7.95. The predicted octanol–water partition coefficient (Wildman–Crippen LogP) is 7.18. The topological polar surface area (TPSA) is 38.5 Å². The molecule has 0 heterocycles. The van der Waals surface area contributed by atoms with Gasteiger partial charge in [-0.15, -0.1) is 0 Å². The molecular formula is C27H44N2OSn. The third kappa shape index (κ3) is 7.71. The van der Waals surface area contributed by atoms with Gasteiger partial charge in [-0.25, -0.2) is 0 Å². The number of nitrogens with zero attached hydrogens (tertiary/aromatic N) is 1. The van der Waals surface area contributed by atoms with Crippen LogP contribution < -0.4 is 14.0 Å². The van der Waals surface area contributed by atoms with Gasteiger partial charge in [-0.1, -0.05) is 0 Å². The van der Waals surface area contributed by atoms with E-state index >= 15 is 0 Å². The van der Waals surface area contributed by atoms with E-state index in [2.05, 4.69) is 70.1 Å². The first-order chi connectivity index (χ1) is 15.0. The van der Waals surface area contributed by atoms with Crippen LogP contribution in [0.3, 0.4) is 0 Å². The number of hydrogen-bond donors (Lipinski definition) is 1. The van der Waals surface area contributed by atoms with Crippen LogP contribution in [0.2, 0.25) is 13.3 Å². The number of benzene rings is 2. The summed E-state index contributed by atoms with van der Waals surface area (Å²) in [6.45, 7) is 7.82. The second-order valence-corrected chi connectivity index (χ2v) is 22.5. The normalized spacial score (nSPS) is 11.8. The minimum absolute atomic E-state index is 0.789. The molecule has 0 saturated heterocycles. The Kier molecular flexibility index (Phi) is 11.2. The van der Waals surface area contributed by atoms with Crippen molar-refractivity contribution in [3.05, 3.63) is 48.0 Å². The number of para-hydroxylation sites is 1. The van der Waals surface area contributed by atoms with Crippen LogP contribution in [0.5, 0.6) is 11.5 Å². The van der Waals surface area contributed by atoms with Gasteiger partial charge < -0.3 is 0 Å². The van der Waals surface area contributed by atoms with Crippen LogP contribution in [0, 0.1) is 0 Å². The van der Waals surface area contributed by atoms with Gasteiger partial charge in [0.1, 0.15) is 0 Å². The van der Waals surface area contributed by atoms with Gasteiger partial charge in [0.05, 0.1) is 0 Å². The number of anilines is 1. The van der Waals surface area contributed by atoms with Crippen molar-refractivity contribution in [3.8, 4) is 11.5 Å². The van der Waals surface area contributed by atoms with E-state index in [1.807, 2.05) is 12.1 Å². The Hall–Kier alpha value is -1.20. The van der Waals surface area contributed by atoms with Gasteiger partial charge in [0.2, 0.25) is 0 Å². The molecule has 0 fully saturated rings. The third-order valence-electron chi connectivity index (χ3n) is 6.33. The fourth-order valence-electron chi connectivity index (χ4n) is 4.52. The SMILES string of the molecule is CCC[CH2][Sn]([CH2]CCC)([CH2]CCC)[c]1ccc(Oc2ccccc2CN(C)C)c(N)c1. The van der Waals surface area contributed by atoms with Gasteiger partial charge in [0, 0.05) is 0 Å². The number of unbranched alkanes of at least 4 members (excludes halogenated alkanes) is 3. The maximum atomic E-state index is 6.60. The Morgan fingerprint density at radius 1 is 0.806 bits per heavy atom. The Morgan fingerprint density at radius 2 is 1.39 bits per heavy atom. The molecule has 0 atom stereocenters. The van der Waals surface area contributed by atoms with E-state index in [0.717, 1.165) is 23.7 Å². The molecule has 31 heavy (non-hydrogen) atoms. The van der Waals surface area contributed by atoms with Crippen LogP contribution in [0.15, 0.2) is 42.5 Å². The first-order valence-electron chi connectivity index (χ1n) is 12.3. The molecule has 3 nitrogen and oxygen atoms in total. The predicted molar refractivity (Wildman–Crippen MR) is 139 cm³/mol. The van der Waals surface area contributed by atoms with Crippen molar-refractivity contribution in [1.82, 2.24) is 4.90 Å². The van der Waals surface area contributed by atoms with Crippen molar-refractivity contribution in [1.29, 1.82) is 0 Å². The van der Waals surface area contributed by atoms with Crippen LogP contribution >= 0.6 is 0 Å². The zero-order valence-corrected chi connectivity index (χ0v) is 23.4. The summed E-state index contributed by atoms with van der Waals surface area (Å²) >= 11 is -2.47. The van der Waals surface area contributed by atoms with Crippen LogP contribution in [0.1, 0.15) is 64.9 Å². The Labute approximate surface area is 195 Å². The van der Waals surface area contributed by atoms with Crippen LogP contribution in [-0.2, 0) is 6.54 Å². The van der Waals surface area contributed by atoms with Gasteiger partial charge in [-0.2, -0.15) is 0 Å². The second-order valence-electron chi connectivity index (χ2n) is 9.29. The number of rotatable bonds is 14. The van der Waals surface area contributed by atoms with E-state index in [9.17, 15) is 0 Å². The van der Waals surface area contributed by atoms with Gasteiger partial charge in [-0.3, -0.25) is 0 Å². The van der Waals surface area contributed by atoms with E-state index in [1.54, 1.807) is 3.58 Å². The number of nitrogen functional groups attached to an aromatic ring is 1. The van der Waals surface area contributed by atoms with Crippen LogP contribution in [-0.4, -0.2) is 37.4 Å². The van der Waals surface area contributed by atoms with Crippen molar-refractivity contribution in [3.63, 3.8) is 0 Å². The summed E-state index contributed by atoms with van der Waals surface area (Å²) in [6, 6.07) is 15.1. The molecule has 2 aromatic rings. The molecule has 0 aliphatic heterocycles. The minimum atomic E-state index is -2.47. The maximum absolute atomic E-state index is 6.60. The average molecular weight is 531 g/mol. The van der Waals surface area contributed by atoms with Crippen LogP contribution in [0.25, 0.3) is 0 Å². The summed E-state index contributed by atoms with van der Waals surface area (Å²) in [5.41, 5.74) is 8.57. The summed E-state index contributed by atoms with van der Waals surface area (Å²) in [4.78, 5) is 2.16. The quantitative estimate of drug-likeness (QED) is 0.207. The number of hydrogen-bond acceptors (Lipinski definition) is 3. The van der Waals surface area contributed by atoms with Crippen molar-refractivity contribution in [2.45, 2.75) is 79.2 Å². The van der Waals surface area contributed by atoms with Crippen LogP contribution in [0.4, 0.5) is 5.69 Å². The van der Waals surface area contributed by atoms with Crippen molar-refractivity contribution in [2.75, 3.05) is 19.8 Å². The molecule has 0 saturated carbocycles. The standard InChI is InChI=1S/C15H17N2O.3C4H9.Sn/c1-17(2)11-12-7-3-5-9-14(12)18-15-10-6-4-8-13(15)16;3*1-3-4-2;/h3,5-10H,11,16H2,1-2H3;3*1,3-4H2,2H3;. The molecule has 0 aromatic heterocycles. The molecule has 0 amide bonds. The fraction of sp³-hybridized carbons (Fsp3) is 0.556. The molecule has 0 radical (unpaired) electrons. The van der Waals surface area contributed by atoms with Gasteiger partial charge in [0.15, 0.2) is 0 Å². The molecule has 2 N–H and O–H groups in total. The molecule has 0 aliphatic carbocycles. The van der Waals surface area contributed by atoms with Crippen molar-refractivity contribution >= 4 is 27.6 Å². The van der Waals surface area contributed by atoms with E-state index in [0.29, 0.717) is 0 Å². The average Bonchev–Trinajstić information content (AvgIpc) is 2.76. The fourth-order valence-corrected chi connectivity index (χ4v) is 20.5. The van der Waals surface area contributed by atoms with Crippen molar-refractivity contribution in [2.24, 2.45) is 0 Å². The third-order valence-corrected chi connectivity index (χ3v) is 21.9. The number of ether oxygens (including phenoxy) is 1. The Morgan fingerprint density at radius 3 is 1.90 bits per heavy atom. The molecule has 0 aliphatic rings. The first-order valence-corrected chi connectivity index (χ1v) is 19.7. The van der Waals surface area contributed by atoms with E-state index < -0.39 is 18.4 Å². The molecule has 172 valence electrons. The summed E-state index contributed by atoms with van der Waals surface area (Å²) in [5, 5.41) is 0. The first kappa shape index (κ1) is 26.1. The molecule has 0 spiro atoms. The molecule has 4 heteroatoms. The second kappa shape index (κ2) is 13.4. The molecule has 0 unspecified atom stereocenters. The summed E-state index contributed by atoms with van der Waals surface area (Å²) in [7, 11) is 4.16. The Bertz CT molecular complexity index is 769. The van der Waals surface area contributed by atoms with Crippen molar-refractivity contribution < 1.29 is 4.74 Å². The molecule has 2 aromatic carbocycles. The monoisotopic (exact) mass is 532 g/mol. The van der Waals surface area contributed by atoms with E-state index in [1.165, 1.54) is 57.4 Å². The zero-order chi connectivity index (χ0) is 22.7. The molecular weight excluding hydrogens is 487 g/mol. The summed E-state index contributed by atoms with van der Waals surface area (Å²) < 4.78 is 12.3. The van der Waals surface area contributed by atoms with E-state index in [4.69, 9.17) is 10.5 Å². The summed E-state index contributed by atoms with van der Waals surface area (Å²) in [5.74, 6) is 1.69. The molecule has 2 rings (SSSR count). The van der Waals surface area contributed by atoms with E-state index in [-0.39, 0.29) is 0 Å². The van der Waals surface area contributed by atoms with Gasteiger partial charge in [0.25, 0.3) is 0 Å². The number of nitrogens with two attached hydrogens (primary N) is 1. The molecule has 0 bridgehead atoms. The zero-order valence-electron chi connectivity index (χ0n) is 20.5. The Balaban J connectivity index is 2.34.